The van der Waals surface area contributed by atoms with Gasteiger partial charge in [-0.2, -0.15) is 0 Å². The lowest BCUT2D eigenvalue weighted by Gasteiger charge is -2.29. The number of rotatable bonds is 4. The summed E-state index contributed by atoms with van der Waals surface area (Å²) in [6, 6.07) is 26.6. The highest BCUT2D eigenvalue weighted by atomic mass is 32.1. The standard InChI is InChI=1S/C32H25FN4O2S2/c1-34-32(38)30-24-15-22(27(35(2)40)16-29(24)39-31(30)18-7-10-21(33)11-8-18)19-9-12-26-23(13-19)28-14-20-5-3-4-6-25(20)36(28)17-37(26)41/h3-16,40-41H,17H2,1-2H3,(H,34,38). The van der Waals surface area contributed by atoms with E-state index >= 15 is 0 Å². The smallest absolute Gasteiger partial charge is 0.255 e. The van der Waals surface area contributed by atoms with E-state index in [0.29, 0.717) is 34.5 Å². The Morgan fingerprint density at radius 1 is 0.976 bits per heavy atom. The van der Waals surface area contributed by atoms with Crippen molar-refractivity contribution in [2.45, 2.75) is 6.67 Å². The van der Waals surface area contributed by atoms with E-state index in [1.165, 1.54) is 17.5 Å². The number of nitrogens with zero attached hydrogens (tertiary/aromatic N) is 3. The highest BCUT2D eigenvalue weighted by molar-refractivity contribution is 7.82. The lowest BCUT2D eigenvalue weighted by Crippen LogP contribution is -2.21. The van der Waals surface area contributed by atoms with Crippen LogP contribution < -0.4 is 13.9 Å². The maximum Gasteiger partial charge on any atom is 0.255 e. The van der Waals surface area contributed by atoms with E-state index in [4.69, 9.17) is 17.2 Å². The molecule has 7 rings (SSSR count). The average molecular weight is 581 g/mol. The number of halogens is 1. The second kappa shape index (κ2) is 9.64. The van der Waals surface area contributed by atoms with Crippen LogP contribution in [0.15, 0.2) is 89.3 Å². The summed E-state index contributed by atoms with van der Waals surface area (Å²) in [5.74, 6) is -0.273. The highest BCUT2D eigenvalue weighted by Gasteiger charge is 2.26. The number of para-hydroxylation sites is 1. The molecule has 0 radical (unpaired) electrons. The van der Waals surface area contributed by atoms with Gasteiger partial charge >= 0.3 is 0 Å². The molecule has 0 saturated carbocycles. The average Bonchev–Trinajstić information content (AvgIpc) is 3.55. The molecule has 0 aliphatic carbocycles. The van der Waals surface area contributed by atoms with Crippen LogP contribution in [-0.2, 0) is 6.67 Å². The summed E-state index contributed by atoms with van der Waals surface area (Å²) in [4.78, 5) is 13.2. The van der Waals surface area contributed by atoms with Gasteiger partial charge in [0, 0.05) is 47.6 Å². The molecule has 4 aromatic carbocycles. The highest BCUT2D eigenvalue weighted by Crippen LogP contribution is 2.45. The number of hydrogen-bond acceptors (Lipinski definition) is 6. The Hall–Kier alpha value is -4.34. The zero-order valence-electron chi connectivity index (χ0n) is 22.2. The van der Waals surface area contributed by atoms with Crippen LogP contribution in [0.25, 0.3) is 55.6 Å². The van der Waals surface area contributed by atoms with Crippen LogP contribution in [0.3, 0.4) is 0 Å². The van der Waals surface area contributed by atoms with Gasteiger partial charge in [0.05, 0.1) is 28.1 Å². The second-order valence-electron chi connectivity index (χ2n) is 10.1. The number of benzene rings is 4. The number of thiol groups is 2. The molecule has 0 atom stereocenters. The van der Waals surface area contributed by atoms with Crippen molar-refractivity contribution >= 4 is 64.8 Å². The fourth-order valence-electron chi connectivity index (χ4n) is 5.72. The van der Waals surface area contributed by atoms with Gasteiger partial charge in [-0.05, 0) is 60.2 Å². The summed E-state index contributed by atoms with van der Waals surface area (Å²) >= 11 is 9.43. The number of amides is 1. The first-order valence-corrected chi connectivity index (χ1v) is 13.8. The third-order valence-corrected chi connectivity index (χ3v) is 8.22. The van der Waals surface area contributed by atoms with Gasteiger partial charge in [0.1, 0.15) is 23.8 Å². The molecule has 6 nitrogen and oxygen atoms in total. The van der Waals surface area contributed by atoms with E-state index in [1.54, 1.807) is 23.5 Å². The Morgan fingerprint density at radius 2 is 1.73 bits per heavy atom. The molecule has 1 aliphatic heterocycles. The topological polar surface area (TPSA) is 53.7 Å². The molecule has 9 heteroatoms. The maximum absolute atomic E-state index is 13.7. The lowest BCUT2D eigenvalue weighted by molar-refractivity contribution is 0.0964. The van der Waals surface area contributed by atoms with Crippen molar-refractivity contribution in [3.63, 3.8) is 0 Å². The lowest BCUT2D eigenvalue weighted by atomic mass is 9.95. The van der Waals surface area contributed by atoms with Gasteiger partial charge in [0.15, 0.2) is 0 Å². The molecular formula is C32H25FN4O2S2. The Bertz CT molecular complexity index is 2000. The zero-order valence-corrected chi connectivity index (χ0v) is 24.0. The Labute approximate surface area is 247 Å². The number of hydrogen-bond donors (Lipinski definition) is 3. The predicted octanol–water partition coefficient (Wildman–Crippen LogP) is 7.79. The van der Waals surface area contributed by atoms with Crippen LogP contribution in [-0.4, -0.2) is 24.6 Å². The van der Waals surface area contributed by atoms with E-state index in [1.807, 2.05) is 35.6 Å². The molecule has 0 unspecified atom stereocenters. The molecule has 2 aromatic heterocycles. The number of fused-ring (bicyclic) bond motifs is 6. The van der Waals surface area contributed by atoms with Gasteiger partial charge in [-0.25, -0.2) is 4.39 Å². The number of nitrogens with one attached hydrogen (secondary N) is 1. The van der Waals surface area contributed by atoms with Gasteiger partial charge in [0.25, 0.3) is 5.91 Å². The number of carbonyl (C=O) groups excluding carboxylic acids is 1. The minimum atomic E-state index is -0.362. The van der Waals surface area contributed by atoms with Crippen LogP contribution in [0.4, 0.5) is 15.8 Å². The molecular weight excluding hydrogens is 556 g/mol. The molecule has 0 saturated heterocycles. The van der Waals surface area contributed by atoms with Crippen LogP contribution in [0.1, 0.15) is 10.4 Å². The van der Waals surface area contributed by atoms with E-state index < -0.39 is 0 Å². The Kier molecular flexibility index (Phi) is 6.02. The zero-order chi connectivity index (χ0) is 28.4. The van der Waals surface area contributed by atoms with E-state index in [0.717, 1.165) is 39.3 Å². The van der Waals surface area contributed by atoms with Crippen molar-refractivity contribution in [3.8, 4) is 33.7 Å². The van der Waals surface area contributed by atoms with Gasteiger partial charge < -0.3 is 18.6 Å². The first-order valence-electron chi connectivity index (χ1n) is 13.0. The van der Waals surface area contributed by atoms with E-state index in [2.05, 4.69) is 59.1 Å². The fraction of sp³-hybridized carbons (Fsp3) is 0.0938. The van der Waals surface area contributed by atoms with Crippen molar-refractivity contribution in [1.82, 2.24) is 9.88 Å². The SMILES string of the molecule is CNC(=O)c1c(-c2ccc(F)cc2)oc2cc(N(C)S)c(-c3ccc4c(c3)-c3cc5ccccc5n3CN4S)cc12. The summed E-state index contributed by atoms with van der Waals surface area (Å²) in [5.41, 5.74) is 8.51. The van der Waals surface area contributed by atoms with Crippen LogP contribution in [0, 0.1) is 5.82 Å². The Morgan fingerprint density at radius 3 is 2.49 bits per heavy atom. The number of anilines is 2. The summed E-state index contributed by atoms with van der Waals surface area (Å²) in [5, 5.41) is 4.55. The second-order valence-corrected chi connectivity index (χ2v) is 11.2. The van der Waals surface area contributed by atoms with Crippen molar-refractivity contribution in [2.24, 2.45) is 0 Å². The number of furan rings is 1. The van der Waals surface area contributed by atoms with E-state index in [-0.39, 0.29) is 11.7 Å². The molecule has 0 fully saturated rings. The molecule has 1 N–H and O–H groups in total. The minimum Gasteiger partial charge on any atom is -0.455 e. The predicted molar refractivity (Wildman–Crippen MR) is 170 cm³/mol. The first-order chi connectivity index (χ1) is 19.8. The molecule has 1 amide bonds. The molecule has 204 valence electrons. The van der Waals surface area contributed by atoms with Gasteiger partial charge in [-0.3, -0.25) is 9.10 Å². The van der Waals surface area contributed by atoms with Gasteiger partial charge in [-0.1, -0.05) is 49.9 Å². The quantitative estimate of drug-likeness (QED) is 0.186. The van der Waals surface area contributed by atoms with Crippen molar-refractivity contribution in [3.05, 3.63) is 96.3 Å². The molecule has 41 heavy (non-hydrogen) atoms. The normalized spacial score (nSPS) is 12.5. The summed E-state index contributed by atoms with van der Waals surface area (Å²) in [6.07, 6.45) is 0. The molecule has 6 aromatic rings. The fourth-order valence-corrected chi connectivity index (χ4v) is 6.18. The van der Waals surface area contributed by atoms with Crippen LogP contribution in [0.5, 0.6) is 0 Å². The van der Waals surface area contributed by atoms with Crippen LogP contribution in [0.2, 0.25) is 0 Å². The third kappa shape index (κ3) is 4.07. The number of carbonyl (C=O) groups is 1. The molecule has 0 spiro atoms. The summed E-state index contributed by atoms with van der Waals surface area (Å²) < 4.78 is 25.9. The van der Waals surface area contributed by atoms with Crippen molar-refractivity contribution < 1.29 is 13.6 Å². The van der Waals surface area contributed by atoms with Crippen molar-refractivity contribution in [2.75, 3.05) is 22.7 Å². The Balaban J connectivity index is 1.46. The number of aromatic nitrogens is 1. The summed E-state index contributed by atoms with van der Waals surface area (Å²) in [7, 11) is 3.43. The third-order valence-electron chi connectivity index (χ3n) is 7.66. The molecule has 0 bridgehead atoms. The molecule has 1 aliphatic rings. The minimum absolute atomic E-state index is 0.290. The summed E-state index contributed by atoms with van der Waals surface area (Å²) in [6.45, 7) is 0.631. The monoisotopic (exact) mass is 580 g/mol. The van der Waals surface area contributed by atoms with E-state index in [9.17, 15) is 9.18 Å². The van der Waals surface area contributed by atoms with Crippen molar-refractivity contribution in [1.29, 1.82) is 0 Å². The largest absolute Gasteiger partial charge is 0.455 e. The van der Waals surface area contributed by atoms with Gasteiger partial charge in [-0.15, -0.1) is 0 Å². The molecule has 3 heterocycles. The van der Waals surface area contributed by atoms with Gasteiger partial charge in [0.2, 0.25) is 0 Å². The first kappa shape index (κ1) is 25.6. The van der Waals surface area contributed by atoms with Crippen LogP contribution >= 0.6 is 25.6 Å². The maximum atomic E-state index is 13.7.